The number of nitrogens with zero attached hydrogens (tertiary/aromatic N) is 4. The van der Waals surface area contributed by atoms with Crippen LogP contribution < -0.4 is 0 Å². The number of halogens is 3. The maximum Gasteiger partial charge on any atom is 0.471 e. The van der Waals surface area contributed by atoms with Gasteiger partial charge in [-0.15, -0.1) is 0 Å². The molecule has 0 N–H and O–H groups in total. The summed E-state index contributed by atoms with van der Waals surface area (Å²) in [5, 5.41) is 7.67. The molecule has 0 aliphatic heterocycles. The fourth-order valence-corrected chi connectivity index (χ4v) is 2.96. The molecule has 1 aromatic carbocycles. The van der Waals surface area contributed by atoms with Crippen molar-refractivity contribution in [1.82, 2.24) is 19.9 Å². The van der Waals surface area contributed by atoms with Crippen LogP contribution in [-0.2, 0) is 17.5 Å². The molecule has 4 rings (SSSR count). The largest absolute Gasteiger partial charge is 0.471 e. The van der Waals surface area contributed by atoms with Crippen molar-refractivity contribution in [2.24, 2.45) is 0 Å². The number of carbonyl (C=O) groups is 1. The molecule has 1 aliphatic carbocycles. The Morgan fingerprint density at radius 3 is 2.57 bits per heavy atom. The van der Waals surface area contributed by atoms with Crippen LogP contribution in [0.1, 0.15) is 46.3 Å². The van der Waals surface area contributed by atoms with Crippen LogP contribution in [0.25, 0.3) is 11.4 Å². The van der Waals surface area contributed by atoms with Crippen LogP contribution in [-0.4, -0.2) is 33.0 Å². The standard InChI is InChI=1S/C18H15F3N4O3/c1-27-16(26)13-8-22-25(14(13)11-6-7-11)9-10-2-4-12(5-3-10)15-23-17(28-24-15)18(19,20)21/h2-5,8,11H,6-7,9H2,1H3. The molecule has 1 aliphatic rings. The highest BCUT2D eigenvalue weighted by Crippen LogP contribution is 2.42. The molecule has 0 spiro atoms. The molecular weight excluding hydrogens is 377 g/mol. The van der Waals surface area contributed by atoms with Crippen LogP contribution in [0.15, 0.2) is 35.0 Å². The highest BCUT2D eigenvalue weighted by Gasteiger charge is 2.38. The number of hydrogen-bond donors (Lipinski definition) is 0. The number of rotatable bonds is 5. The van der Waals surface area contributed by atoms with Gasteiger partial charge < -0.3 is 9.26 Å². The Bertz CT molecular complexity index is 1000. The first-order valence-electron chi connectivity index (χ1n) is 8.51. The summed E-state index contributed by atoms with van der Waals surface area (Å²) in [5.74, 6) is -1.64. The number of esters is 1. The van der Waals surface area contributed by atoms with E-state index in [1.165, 1.54) is 13.3 Å². The van der Waals surface area contributed by atoms with Gasteiger partial charge in [0.25, 0.3) is 0 Å². The summed E-state index contributed by atoms with van der Waals surface area (Å²) in [4.78, 5) is 15.3. The molecule has 1 saturated carbocycles. The van der Waals surface area contributed by atoms with Crippen LogP contribution in [0.3, 0.4) is 0 Å². The van der Waals surface area contributed by atoms with Crippen molar-refractivity contribution >= 4 is 5.97 Å². The maximum atomic E-state index is 12.6. The predicted molar refractivity (Wildman–Crippen MR) is 89.4 cm³/mol. The highest BCUT2D eigenvalue weighted by molar-refractivity contribution is 5.90. The molecule has 0 unspecified atom stereocenters. The number of carbonyl (C=O) groups excluding carboxylic acids is 1. The lowest BCUT2D eigenvalue weighted by atomic mass is 10.1. The van der Waals surface area contributed by atoms with Crippen molar-refractivity contribution in [3.8, 4) is 11.4 Å². The van der Waals surface area contributed by atoms with E-state index in [4.69, 9.17) is 4.74 Å². The second-order valence-electron chi connectivity index (χ2n) is 6.48. The van der Waals surface area contributed by atoms with E-state index in [0.29, 0.717) is 17.7 Å². The summed E-state index contributed by atoms with van der Waals surface area (Å²) in [6.45, 7) is 0.420. The highest BCUT2D eigenvalue weighted by atomic mass is 19.4. The van der Waals surface area contributed by atoms with Gasteiger partial charge in [0.1, 0.15) is 5.56 Å². The van der Waals surface area contributed by atoms with E-state index in [2.05, 4.69) is 19.8 Å². The van der Waals surface area contributed by atoms with Gasteiger partial charge in [-0.25, -0.2) is 4.79 Å². The molecule has 1 fully saturated rings. The molecule has 10 heteroatoms. The molecule has 0 atom stereocenters. The molecule has 0 saturated heterocycles. The third-order valence-electron chi connectivity index (χ3n) is 4.46. The molecule has 146 valence electrons. The van der Waals surface area contributed by atoms with Crippen LogP contribution in [0.5, 0.6) is 0 Å². The van der Waals surface area contributed by atoms with E-state index < -0.39 is 18.0 Å². The molecule has 2 aromatic heterocycles. The van der Waals surface area contributed by atoms with Gasteiger partial charge in [-0.05, 0) is 18.4 Å². The number of alkyl halides is 3. The first kappa shape index (κ1) is 18.2. The van der Waals surface area contributed by atoms with E-state index in [1.54, 1.807) is 28.9 Å². The van der Waals surface area contributed by atoms with Crippen LogP contribution >= 0.6 is 0 Å². The third kappa shape index (κ3) is 3.49. The van der Waals surface area contributed by atoms with Gasteiger partial charge in [-0.2, -0.15) is 23.3 Å². The van der Waals surface area contributed by atoms with Gasteiger partial charge in [0, 0.05) is 11.5 Å². The van der Waals surface area contributed by atoms with Crippen molar-refractivity contribution in [2.45, 2.75) is 31.5 Å². The van der Waals surface area contributed by atoms with Gasteiger partial charge in [-0.1, -0.05) is 29.4 Å². The number of benzene rings is 1. The van der Waals surface area contributed by atoms with Gasteiger partial charge >= 0.3 is 18.0 Å². The lowest BCUT2D eigenvalue weighted by molar-refractivity contribution is -0.159. The van der Waals surface area contributed by atoms with E-state index in [0.717, 1.165) is 24.1 Å². The van der Waals surface area contributed by atoms with E-state index in [-0.39, 0.29) is 11.7 Å². The van der Waals surface area contributed by atoms with Crippen molar-refractivity contribution in [3.63, 3.8) is 0 Å². The normalized spacial score (nSPS) is 14.3. The predicted octanol–water partition coefficient (Wildman–Crippen LogP) is 3.66. The van der Waals surface area contributed by atoms with E-state index >= 15 is 0 Å². The summed E-state index contributed by atoms with van der Waals surface area (Å²) in [7, 11) is 1.33. The average Bonchev–Trinajstić information content (AvgIpc) is 3.21. The quantitative estimate of drug-likeness (QED) is 0.616. The molecule has 7 nitrogen and oxygen atoms in total. The number of hydrogen-bond acceptors (Lipinski definition) is 6. The molecular formula is C18H15F3N4O3. The van der Waals surface area contributed by atoms with Gasteiger partial charge in [0.2, 0.25) is 5.82 Å². The monoisotopic (exact) mass is 392 g/mol. The summed E-state index contributed by atoms with van der Waals surface area (Å²) in [6, 6.07) is 6.72. The first-order chi connectivity index (χ1) is 13.4. The van der Waals surface area contributed by atoms with Crippen LogP contribution in [0, 0.1) is 0 Å². The fraction of sp³-hybridized carbons (Fsp3) is 0.333. The van der Waals surface area contributed by atoms with Gasteiger partial charge in [0.05, 0.1) is 25.5 Å². The Labute approximate surface area is 157 Å². The number of aromatic nitrogens is 4. The van der Waals surface area contributed by atoms with Crippen molar-refractivity contribution < 1.29 is 27.2 Å². The minimum Gasteiger partial charge on any atom is -0.465 e. The molecule has 2 heterocycles. The molecule has 0 amide bonds. The third-order valence-corrected chi connectivity index (χ3v) is 4.46. The van der Waals surface area contributed by atoms with E-state index in [1.807, 2.05) is 0 Å². The second kappa shape index (κ2) is 6.77. The maximum absolute atomic E-state index is 12.6. The lowest BCUT2D eigenvalue weighted by Gasteiger charge is -2.09. The minimum absolute atomic E-state index is 0.135. The van der Waals surface area contributed by atoms with Gasteiger partial charge in [0.15, 0.2) is 0 Å². The summed E-state index contributed by atoms with van der Waals surface area (Å²) >= 11 is 0. The molecule has 3 aromatic rings. The summed E-state index contributed by atoms with van der Waals surface area (Å²) < 4.78 is 48.6. The Balaban J connectivity index is 1.55. The minimum atomic E-state index is -4.68. The van der Waals surface area contributed by atoms with Crippen LogP contribution in [0.4, 0.5) is 13.2 Å². The zero-order chi connectivity index (χ0) is 19.9. The molecule has 0 radical (unpaired) electrons. The van der Waals surface area contributed by atoms with Gasteiger partial charge in [-0.3, -0.25) is 4.68 Å². The fourth-order valence-electron chi connectivity index (χ4n) is 2.96. The Morgan fingerprint density at radius 1 is 1.29 bits per heavy atom. The molecule has 0 bridgehead atoms. The zero-order valence-electron chi connectivity index (χ0n) is 14.7. The average molecular weight is 392 g/mol. The van der Waals surface area contributed by atoms with Crippen LogP contribution in [0.2, 0.25) is 0 Å². The number of ether oxygens (including phenoxy) is 1. The molecule has 28 heavy (non-hydrogen) atoms. The first-order valence-corrected chi connectivity index (χ1v) is 8.51. The number of methoxy groups -OCH3 is 1. The summed E-state index contributed by atoms with van der Waals surface area (Å²) in [5.41, 5.74) is 2.59. The Kier molecular flexibility index (Phi) is 4.40. The van der Waals surface area contributed by atoms with Crippen molar-refractivity contribution in [1.29, 1.82) is 0 Å². The Hall–Kier alpha value is -3.17. The second-order valence-corrected chi connectivity index (χ2v) is 6.48. The zero-order valence-corrected chi connectivity index (χ0v) is 14.7. The van der Waals surface area contributed by atoms with E-state index in [9.17, 15) is 18.0 Å². The van der Waals surface area contributed by atoms with Crippen molar-refractivity contribution in [2.75, 3.05) is 7.11 Å². The Morgan fingerprint density at radius 2 is 2.00 bits per heavy atom. The topological polar surface area (TPSA) is 83.0 Å². The smallest absolute Gasteiger partial charge is 0.465 e. The lowest BCUT2D eigenvalue weighted by Crippen LogP contribution is -2.09. The van der Waals surface area contributed by atoms with Crippen molar-refractivity contribution in [3.05, 3.63) is 53.2 Å². The SMILES string of the molecule is COC(=O)c1cnn(Cc2ccc(-c3noc(C(F)(F)F)n3)cc2)c1C1CC1. The summed E-state index contributed by atoms with van der Waals surface area (Å²) in [6.07, 6.45) is -1.18.